The van der Waals surface area contributed by atoms with E-state index in [2.05, 4.69) is 0 Å². The van der Waals surface area contributed by atoms with Crippen LogP contribution in [-0.2, 0) is 9.59 Å². The molecule has 2 saturated heterocycles. The zero-order chi connectivity index (χ0) is 11.5. The summed E-state index contributed by atoms with van der Waals surface area (Å²) in [6.07, 6.45) is 7.01. The highest BCUT2D eigenvalue weighted by Gasteiger charge is 2.24. The average molecular weight is 222 g/mol. The Labute approximate surface area is 95.9 Å². The molecule has 0 aromatic heterocycles. The maximum absolute atomic E-state index is 11.5. The Kier molecular flexibility index (Phi) is 3.27. The summed E-state index contributed by atoms with van der Waals surface area (Å²) in [4.78, 5) is 26.5. The number of rotatable bonds is 3. The molecule has 88 valence electrons. The van der Waals surface area contributed by atoms with Gasteiger partial charge in [-0.3, -0.25) is 9.59 Å². The topological polar surface area (TPSA) is 40.6 Å². The van der Waals surface area contributed by atoms with Gasteiger partial charge in [-0.2, -0.15) is 0 Å². The molecule has 0 aliphatic carbocycles. The van der Waals surface area contributed by atoms with Gasteiger partial charge in [0.1, 0.15) is 0 Å². The maximum Gasteiger partial charge on any atom is 0.226 e. The van der Waals surface area contributed by atoms with E-state index in [1.54, 1.807) is 4.90 Å². The summed E-state index contributed by atoms with van der Waals surface area (Å²) in [5.74, 6) is 0.418. The van der Waals surface area contributed by atoms with E-state index in [1.807, 2.05) is 24.1 Å². The Balaban J connectivity index is 1.90. The van der Waals surface area contributed by atoms with Crippen molar-refractivity contribution in [1.29, 1.82) is 0 Å². The fraction of sp³-hybridized carbons (Fsp3) is 0.667. The van der Waals surface area contributed by atoms with E-state index in [1.165, 1.54) is 0 Å². The van der Waals surface area contributed by atoms with E-state index in [4.69, 9.17) is 0 Å². The van der Waals surface area contributed by atoms with E-state index in [0.29, 0.717) is 12.8 Å². The van der Waals surface area contributed by atoms with Gasteiger partial charge < -0.3 is 9.80 Å². The molecule has 0 N–H and O–H groups in total. The average Bonchev–Trinajstić information content (AvgIpc) is 2.84. The van der Waals surface area contributed by atoms with Crippen LogP contribution in [0.15, 0.2) is 12.3 Å². The molecule has 0 spiro atoms. The van der Waals surface area contributed by atoms with Gasteiger partial charge in [0.25, 0.3) is 0 Å². The molecule has 4 heteroatoms. The molecule has 4 nitrogen and oxygen atoms in total. The summed E-state index contributed by atoms with van der Waals surface area (Å²) in [7, 11) is 0. The fourth-order valence-corrected chi connectivity index (χ4v) is 2.26. The van der Waals surface area contributed by atoms with Crippen molar-refractivity contribution in [3.8, 4) is 0 Å². The number of hydrogen-bond acceptors (Lipinski definition) is 2. The minimum atomic E-state index is 0.100. The lowest BCUT2D eigenvalue weighted by molar-refractivity contribution is -0.128. The summed E-state index contributed by atoms with van der Waals surface area (Å²) in [5, 5.41) is 0. The number of likely N-dealkylation sites (tertiary alicyclic amines) is 2. The van der Waals surface area contributed by atoms with Crippen LogP contribution < -0.4 is 0 Å². The third kappa shape index (κ3) is 2.26. The lowest BCUT2D eigenvalue weighted by Crippen LogP contribution is -2.33. The molecule has 0 aromatic carbocycles. The van der Waals surface area contributed by atoms with Crippen LogP contribution in [0.25, 0.3) is 0 Å². The second-order valence-electron chi connectivity index (χ2n) is 4.46. The molecule has 2 aliphatic rings. The summed E-state index contributed by atoms with van der Waals surface area (Å²) in [6, 6.07) is 0.100. The molecule has 1 atom stereocenters. The van der Waals surface area contributed by atoms with Crippen molar-refractivity contribution in [1.82, 2.24) is 9.80 Å². The second kappa shape index (κ2) is 4.68. The molecule has 0 bridgehead atoms. The molecule has 2 rings (SSSR count). The van der Waals surface area contributed by atoms with E-state index in [-0.39, 0.29) is 17.9 Å². The van der Waals surface area contributed by atoms with Crippen LogP contribution in [0.5, 0.6) is 0 Å². The monoisotopic (exact) mass is 222 g/mol. The lowest BCUT2D eigenvalue weighted by atomic mass is 10.3. The SMILES string of the molecule is CC(/C=C/N1CCCC1=O)N1CCCC1=O. The lowest BCUT2D eigenvalue weighted by Gasteiger charge is -2.21. The zero-order valence-electron chi connectivity index (χ0n) is 9.69. The van der Waals surface area contributed by atoms with Crippen LogP contribution in [0.4, 0.5) is 0 Å². The summed E-state index contributed by atoms with van der Waals surface area (Å²) in [5.41, 5.74) is 0. The fourth-order valence-electron chi connectivity index (χ4n) is 2.26. The van der Waals surface area contributed by atoms with Gasteiger partial charge >= 0.3 is 0 Å². The van der Waals surface area contributed by atoms with E-state index in [0.717, 1.165) is 25.9 Å². The molecule has 0 saturated carbocycles. The first-order chi connectivity index (χ1) is 7.68. The van der Waals surface area contributed by atoms with Gasteiger partial charge in [-0.05, 0) is 25.8 Å². The van der Waals surface area contributed by atoms with Gasteiger partial charge in [-0.15, -0.1) is 0 Å². The van der Waals surface area contributed by atoms with Gasteiger partial charge in [-0.1, -0.05) is 0 Å². The van der Waals surface area contributed by atoms with Crippen molar-refractivity contribution in [2.75, 3.05) is 13.1 Å². The molecule has 0 aromatic rings. The van der Waals surface area contributed by atoms with Crippen LogP contribution in [0, 0.1) is 0 Å². The quantitative estimate of drug-likeness (QED) is 0.718. The first kappa shape index (κ1) is 11.2. The third-order valence-electron chi connectivity index (χ3n) is 3.26. The zero-order valence-corrected chi connectivity index (χ0v) is 9.69. The van der Waals surface area contributed by atoms with Crippen LogP contribution in [0.2, 0.25) is 0 Å². The number of nitrogens with zero attached hydrogens (tertiary/aromatic N) is 2. The molecular formula is C12H18N2O2. The molecule has 1 unspecified atom stereocenters. The minimum Gasteiger partial charge on any atom is -0.336 e. The van der Waals surface area contributed by atoms with Gasteiger partial charge in [0.05, 0.1) is 0 Å². The van der Waals surface area contributed by atoms with Gasteiger partial charge in [0, 0.05) is 38.2 Å². The van der Waals surface area contributed by atoms with Crippen LogP contribution >= 0.6 is 0 Å². The highest BCUT2D eigenvalue weighted by atomic mass is 16.2. The van der Waals surface area contributed by atoms with Crippen LogP contribution in [0.3, 0.4) is 0 Å². The first-order valence-electron chi connectivity index (χ1n) is 5.96. The maximum atomic E-state index is 11.5. The molecular weight excluding hydrogens is 204 g/mol. The highest BCUT2D eigenvalue weighted by Crippen LogP contribution is 2.15. The largest absolute Gasteiger partial charge is 0.336 e. The van der Waals surface area contributed by atoms with Crippen molar-refractivity contribution in [3.05, 3.63) is 12.3 Å². The number of carbonyl (C=O) groups excluding carboxylic acids is 2. The summed E-state index contributed by atoms with van der Waals surface area (Å²) < 4.78 is 0. The number of hydrogen-bond donors (Lipinski definition) is 0. The molecule has 0 radical (unpaired) electrons. The Morgan fingerprint density at radius 1 is 1.12 bits per heavy atom. The van der Waals surface area contributed by atoms with Crippen LogP contribution in [0.1, 0.15) is 32.6 Å². The Hall–Kier alpha value is -1.32. The Morgan fingerprint density at radius 2 is 1.81 bits per heavy atom. The normalized spacial score (nSPS) is 23.8. The second-order valence-corrected chi connectivity index (χ2v) is 4.46. The van der Waals surface area contributed by atoms with E-state index in [9.17, 15) is 9.59 Å². The van der Waals surface area contributed by atoms with Gasteiger partial charge in [-0.25, -0.2) is 0 Å². The third-order valence-corrected chi connectivity index (χ3v) is 3.26. The standard InChI is InChI=1S/C12H18N2O2/c1-10(14-8-3-5-12(14)16)6-9-13-7-2-4-11(13)15/h6,9-10H,2-5,7-8H2,1H3/b9-6+. The van der Waals surface area contributed by atoms with E-state index < -0.39 is 0 Å². The van der Waals surface area contributed by atoms with Gasteiger partial charge in [0.15, 0.2) is 0 Å². The Morgan fingerprint density at radius 3 is 2.38 bits per heavy atom. The van der Waals surface area contributed by atoms with Crippen molar-refractivity contribution in [2.24, 2.45) is 0 Å². The van der Waals surface area contributed by atoms with E-state index >= 15 is 0 Å². The number of amides is 2. The van der Waals surface area contributed by atoms with Crippen LogP contribution in [-0.4, -0.2) is 40.7 Å². The smallest absolute Gasteiger partial charge is 0.226 e. The predicted molar refractivity (Wildman–Crippen MR) is 60.5 cm³/mol. The van der Waals surface area contributed by atoms with Crippen molar-refractivity contribution >= 4 is 11.8 Å². The summed E-state index contributed by atoms with van der Waals surface area (Å²) in [6.45, 7) is 3.66. The Bertz CT molecular complexity index is 325. The molecule has 2 fully saturated rings. The molecule has 2 amide bonds. The first-order valence-corrected chi connectivity index (χ1v) is 5.96. The van der Waals surface area contributed by atoms with Crippen molar-refractivity contribution in [3.63, 3.8) is 0 Å². The van der Waals surface area contributed by atoms with Crippen molar-refractivity contribution in [2.45, 2.75) is 38.6 Å². The minimum absolute atomic E-state index is 0.100. The van der Waals surface area contributed by atoms with Gasteiger partial charge in [0.2, 0.25) is 11.8 Å². The highest BCUT2D eigenvalue weighted by molar-refractivity contribution is 5.79. The molecule has 2 heterocycles. The molecule has 2 aliphatic heterocycles. The summed E-state index contributed by atoms with van der Waals surface area (Å²) >= 11 is 0. The predicted octanol–water partition coefficient (Wildman–Crippen LogP) is 1.13. The van der Waals surface area contributed by atoms with Crippen molar-refractivity contribution < 1.29 is 9.59 Å². The number of carbonyl (C=O) groups is 2. The molecule has 16 heavy (non-hydrogen) atoms.